The van der Waals surface area contributed by atoms with Crippen LogP contribution in [0, 0.1) is 0 Å². The van der Waals surface area contributed by atoms with Crippen LogP contribution in [-0.4, -0.2) is 12.6 Å². The van der Waals surface area contributed by atoms with Crippen molar-refractivity contribution in [1.29, 1.82) is 0 Å². The van der Waals surface area contributed by atoms with Crippen molar-refractivity contribution in [2.75, 3.05) is 6.54 Å². The number of halogens is 2. The maximum Gasteiger partial charge on any atom is 0.0406 e. The van der Waals surface area contributed by atoms with Crippen molar-refractivity contribution in [2.45, 2.75) is 32.2 Å². The monoisotopic (exact) mass is 365 g/mol. The Labute approximate surface area is 140 Å². The molecule has 0 aromatic heterocycles. The van der Waals surface area contributed by atoms with Crippen molar-refractivity contribution >= 4 is 27.5 Å². The zero-order valence-corrected chi connectivity index (χ0v) is 14.8. The van der Waals surface area contributed by atoms with E-state index in [2.05, 4.69) is 71.5 Å². The van der Waals surface area contributed by atoms with E-state index >= 15 is 0 Å². The molecule has 2 aromatic rings. The Balaban J connectivity index is 2.14. The molecule has 3 heteroatoms. The molecule has 2 rings (SSSR count). The predicted octanol–water partition coefficient (Wildman–Crippen LogP) is 5.43. The summed E-state index contributed by atoms with van der Waals surface area (Å²) in [4.78, 5) is 0. The van der Waals surface area contributed by atoms with Crippen LogP contribution in [0.1, 0.15) is 30.9 Å². The minimum Gasteiger partial charge on any atom is -0.314 e. The Morgan fingerprint density at radius 1 is 1.00 bits per heavy atom. The average Bonchev–Trinajstić information content (AvgIpc) is 2.46. The van der Waals surface area contributed by atoms with Crippen molar-refractivity contribution in [3.05, 3.63) is 69.2 Å². The minimum absolute atomic E-state index is 0.450. The third-order valence-electron chi connectivity index (χ3n) is 3.51. The van der Waals surface area contributed by atoms with Gasteiger partial charge < -0.3 is 5.32 Å². The summed E-state index contributed by atoms with van der Waals surface area (Å²) < 4.78 is 1.12. The van der Waals surface area contributed by atoms with Crippen LogP contribution in [0.2, 0.25) is 5.02 Å². The van der Waals surface area contributed by atoms with Crippen LogP contribution in [-0.2, 0) is 6.42 Å². The minimum atomic E-state index is 0.450. The van der Waals surface area contributed by atoms with E-state index in [4.69, 9.17) is 11.6 Å². The maximum atomic E-state index is 6.00. The van der Waals surface area contributed by atoms with E-state index in [9.17, 15) is 0 Å². The van der Waals surface area contributed by atoms with Gasteiger partial charge in [0.15, 0.2) is 0 Å². The van der Waals surface area contributed by atoms with E-state index in [1.165, 1.54) is 11.1 Å². The van der Waals surface area contributed by atoms with E-state index < -0.39 is 0 Å². The average molecular weight is 367 g/mol. The van der Waals surface area contributed by atoms with Gasteiger partial charge in [0.05, 0.1) is 0 Å². The predicted molar refractivity (Wildman–Crippen MR) is 95.2 cm³/mol. The Bertz CT molecular complexity index is 548. The van der Waals surface area contributed by atoms with Gasteiger partial charge >= 0.3 is 0 Å². The highest BCUT2D eigenvalue weighted by atomic mass is 79.9. The van der Waals surface area contributed by atoms with Gasteiger partial charge in [-0.2, -0.15) is 0 Å². The normalized spacial score (nSPS) is 12.6. The third-order valence-corrected chi connectivity index (χ3v) is 4.29. The number of hydrogen-bond acceptors (Lipinski definition) is 1. The Hall–Kier alpha value is -0.830. The largest absolute Gasteiger partial charge is 0.314 e. The molecule has 0 radical (unpaired) electrons. The quantitative estimate of drug-likeness (QED) is 0.719. The van der Waals surface area contributed by atoms with Crippen LogP contribution in [0.15, 0.2) is 53.0 Å². The van der Waals surface area contributed by atoms with Crippen LogP contribution in [0.5, 0.6) is 0 Å². The fraction of sp³-hybridized carbons (Fsp3) is 0.333. The molecule has 0 saturated carbocycles. The molecular formula is C18H21BrClN. The molecule has 0 aliphatic heterocycles. The molecule has 1 N–H and O–H groups in total. The second kappa shape index (κ2) is 7.98. The van der Waals surface area contributed by atoms with Crippen LogP contribution >= 0.6 is 27.5 Å². The summed E-state index contributed by atoms with van der Waals surface area (Å²) in [7, 11) is 0. The Morgan fingerprint density at radius 2 is 1.62 bits per heavy atom. The summed E-state index contributed by atoms with van der Waals surface area (Å²) in [6, 6.07) is 17.3. The lowest BCUT2D eigenvalue weighted by Gasteiger charge is -2.20. The van der Waals surface area contributed by atoms with E-state index in [0.29, 0.717) is 12.0 Å². The lowest BCUT2D eigenvalue weighted by molar-refractivity contribution is 0.527. The summed E-state index contributed by atoms with van der Waals surface area (Å²) >= 11 is 9.49. The molecule has 0 spiro atoms. The Kier molecular flexibility index (Phi) is 6.28. The van der Waals surface area contributed by atoms with Gasteiger partial charge in [-0.25, -0.2) is 0 Å². The van der Waals surface area contributed by atoms with Crippen molar-refractivity contribution in [1.82, 2.24) is 5.32 Å². The van der Waals surface area contributed by atoms with E-state index in [0.717, 1.165) is 22.5 Å². The summed E-state index contributed by atoms with van der Waals surface area (Å²) in [6.45, 7) is 5.33. The summed E-state index contributed by atoms with van der Waals surface area (Å²) in [6.07, 6.45) is 1.02. The van der Waals surface area contributed by atoms with Crippen LogP contribution in [0.25, 0.3) is 0 Å². The molecule has 1 nitrogen and oxygen atoms in total. The van der Waals surface area contributed by atoms with Crippen LogP contribution < -0.4 is 5.32 Å². The smallest absolute Gasteiger partial charge is 0.0406 e. The second-order valence-electron chi connectivity index (χ2n) is 5.64. The molecule has 0 heterocycles. The van der Waals surface area contributed by atoms with Crippen LogP contribution in [0.4, 0.5) is 0 Å². The summed E-state index contributed by atoms with van der Waals surface area (Å²) in [5.74, 6) is 0.450. The van der Waals surface area contributed by atoms with Crippen molar-refractivity contribution < 1.29 is 0 Å². The molecule has 0 amide bonds. The first-order valence-electron chi connectivity index (χ1n) is 7.28. The number of rotatable bonds is 6. The second-order valence-corrected chi connectivity index (χ2v) is 6.99. The zero-order valence-electron chi connectivity index (χ0n) is 12.4. The molecule has 112 valence electrons. The van der Waals surface area contributed by atoms with E-state index in [1.807, 2.05) is 12.1 Å². The zero-order chi connectivity index (χ0) is 15.2. The van der Waals surface area contributed by atoms with Gasteiger partial charge in [-0.3, -0.25) is 0 Å². The SMILES string of the molecule is CC(C)NCC(Cc1ccc(Br)cc1)c1ccc(Cl)cc1. The molecule has 21 heavy (non-hydrogen) atoms. The highest BCUT2D eigenvalue weighted by molar-refractivity contribution is 9.10. The summed E-state index contributed by atoms with van der Waals surface area (Å²) in [5, 5.41) is 4.34. The van der Waals surface area contributed by atoms with Gasteiger partial charge in [0, 0.05) is 28.0 Å². The van der Waals surface area contributed by atoms with Crippen molar-refractivity contribution in [3.63, 3.8) is 0 Å². The molecule has 1 unspecified atom stereocenters. The molecule has 0 aliphatic carbocycles. The van der Waals surface area contributed by atoms with Gasteiger partial charge in [-0.15, -0.1) is 0 Å². The Morgan fingerprint density at radius 3 is 2.19 bits per heavy atom. The fourth-order valence-corrected chi connectivity index (χ4v) is 2.72. The molecule has 0 aliphatic rings. The number of nitrogens with one attached hydrogen (secondary N) is 1. The highest BCUT2D eigenvalue weighted by Crippen LogP contribution is 2.23. The molecule has 0 fully saturated rings. The molecular weight excluding hydrogens is 346 g/mol. The topological polar surface area (TPSA) is 12.0 Å². The van der Waals surface area contributed by atoms with E-state index in [1.54, 1.807) is 0 Å². The first-order chi connectivity index (χ1) is 10.0. The standard InChI is InChI=1S/C18H21BrClN/c1-13(2)21-12-16(15-5-9-18(20)10-6-15)11-14-3-7-17(19)8-4-14/h3-10,13,16,21H,11-12H2,1-2H3. The molecule has 0 bridgehead atoms. The first kappa shape index (κ1) is 16.5. The maximum absolute atomic E-state index is 6.00. The van der Waals surface area contributed by atoms with Crippen molar-refractivity contribution in [3.8, 4) is 0 Å². The third kappa shape index (κ3) is 5.46. The van der Waals surface area contributed by atoms with Crippen molar-refractivity contribution in [2.24, 2.45) is 0 Å². The molecule has 2 aromatic carbocycles. The lowest BCUT2D eigenvalue weighted by atomic mass is 9.91. The van der Waals surface area contributed by atoms with Gasteiger partial charge in [0.1, 0.15) is 0 Å². The molecule has 1 atom stereocenters. The number of benzene rings is 2. The fourth-order valence-electron chi connectivity index (χ4n) is 2.33. The van der Waals surface area contributed by atoms with Crippen LogP contribution in [0.3, 0.4) is 0 Å². The highest BCUT2D eigenvalue weighted by Gasteiger charge is 2.13. The lowest BCUT2D eigenvalue weighted by Crippen LogP contribution is -2.28. The van der Waals surface area contributed by atoms with Gasteiger partial charge in [0.2, 0.25) is 0 Å². The van der Waals surface area contributed by atoms with E-state index in [-0.39, 0.29) is 0 Å². The van der Waals surface area contributed by atoms with Gasteiger partial charge in [-0.1, -0.05) is 65.6 Å². The summed E-state index contributed by atoms with van der Waals surface area (Å²) in [5.41, 5.74) is 2.68. The van der Waals surface area contributed by atoms with Gasteiger partial charge in [0.25, 0.3) is 0 Å². The number of hydrogen-bond donors (Lipinski definition) is 1. The van der Waals surface area contributed by atoms with Gasteiger partial charge in [-0.05, 0) is 41.8 Å². The molecule has 0 saturated heterocycles. The first-order valence-corrected chi connectivity index (χ1v) is 8.45.